The van der Waals surface area contributed by atoms with Gasteiger partial charge in [0.2, 0.25) is 21.8 Å². The van der Waals surface area contributed by atoms with E-state index in [9.17, 15) is 27.6 Å². The van der Waals surface area contributed by atoms with Crippen LogP contribution in [-0.4, -0.2) is 98.9 Å². The molecule has 4 amide bonds. The molecule has 2 fully saturated rings. The van der Waals surface area contributed by atoms with Gasteiger partial charge in [-0.25, -0.2) is 18.0 Å². The second-order valence-electron chi connectivity index (χ2n) is 12.6. The molecule has 0 aromatic heterocycles. The van der Waals surface area contributed by atoms with Gasteiger partial charge in [-0.2, -0.15) is 9.79 Å². The van der Waals surface area contributed by atoms with Gasteiger partial charge in [0, 0.05) is 26.7 Å². The highest BCUT2D eigenvalue weighted by Gasteiger charge is 2.39. The number of hydrogen-bond donors (Lipinski definition) is 2. The Labute approximate surface area is 269 Å². The average Bonchev–Trinajstić information content (AvgIpc) is 3.83. The van der Waals surface area contributed by atoms with E-state index in [0.29, 0.717) is 37.7 Å². The first-order chi connectivity index (χ1) is 21.7. The van der Waals surface area contributed by atoms with E-state index in [1.807, 2.05) is 12.1 Å². The quantitative estimate of drug-likeness (QED) is 0.270. The van der Waals surface area contributed by atoms with Gasteiger partial charge in [0.15, 0.2) is 0 Å². The molecule has 2 aromatic rings. The average molecular weight is 662 g/mol. The molecule has 14 nitrogen and oxygen atoms in total. The summed E-state index contributed by atoms with van der Waals surface area (Å²) < 4.78 is 34.6. The summed E-state index contributed by atoms with van der Waals surface area (Å²) in [6.45, 7) is 6.25. The van der Waals surface area contributed by atoms with Crippen molar-refractivity contribution in [3.8, 4) is 0 Å². The number of urea groups is 1. The van der Waals surface area contributed by atoms with Crippen LogP contribution in [0, 0.1) is 5.92 Å². The molecule has 1 saturated carbocycles. The molecule has 1 heterocycles. The standard InChI is InChI=1S/C31H43N5O9S/c1-31(2,3)44-30(40)45-35-16-8-9-21(20-35)19-32-27(37)18-26(28(38)34(4)29(39)36(43-5)24-13-14-24)33-46(41,42)25-15-12-22-10-6-7-11-23(22)17-25/h6-7,10-12,15,17,21,24,26,33H,8-9,13-14,16,18-20H2,1-5H3,(H,32,37)/t21-,26-/m0/s1. The first-order valence-electron chi connectivity index (χ1n) is 15.3. The molecule has 0 spiro atoms. The predicted molar refractivity (Wildman–Crippen MR) is 167 cm³/mol. The maximum absolute atomic E-state index is 13.6. The van der Waals surface area contributed by atoms with Gasteiger partial charge in [0.25, 0.3) is 0 Å². The SMILES string of the molecule is CON(C(=O)N(C)C(=O)[C@H](CC(=O)NC[C@@H]1CCCN(OC(=O)OC(C)(C)C)C1)NS(=O)(=O)c1ccc2ccccc2c1)C1CC1. The minimum atomic E-state index is -4.30. The lowest BCUT2D eigenvalue weighted by Gasteiger charge is -2.32. The van der Waals surface area contributed by atoms with Crippen molar-refractivity contribution in [1.82, 2.24) is 25.1 Å². The molecule has 2 N–H and O–H groups in total. The second kappa shape index (κ2) is 14.8. The van der Waals surface area contributed by atoms with Gasteiger partial charge in [0.05, 0.1) is 24.5 Å². The van der Waals surface area contributed by atoms with E-state index in [2.05, 4.69) is 10.0 Å². The number of nitrogens with one attached hydrogen (secondary N) is 2. The number of carbonyl (C=O) groups excluding carboxylic acids is 4. The largest absolute Gasteiger partial charge is 0.528 e. The zero-order valence-electron chi connectivity index (χ0n) is 26.9. The van der Waals surface area contributed by atoms with Crippen LogP contribution in [0.5, 0.6) is 0 Å². The number of piperidine rings is 1. The summed E-state index contributed by atoms with van der Waals surface area (Å²) in [5.74, 6) is -1.60. The molecule has 2 atom stereocenters. The van der Waals surface area contributed by atoms with Crippen LogP contribution in [0.3, 0.4) is 0 Å². The van der Waals surface area contributed by atoms with E-state index >= 15 is 0 Å². The van der Waals surface area contributed by atoms with Crippen LogP contribution < -0.4 is 10.0 Å². The van der Waals surface area contributed by atoms with Crippen molar-refractivity contribution in [2.75, 3.05) is 33.8 Å². The van der Waals surface area contributed by atoms with E-state index in [0.717, 1.165) is 21.8 Å². The fourth-order valence-electron chi connectivity index (χ4n) is 5.10. The Morgan fingerprint density at radius 2 is 1.74 bits per heavy atom. The molecule has 2 aromatic carbocycles. The molecule has 15 heteroatoms. The number of hydroxylamine groups is 4. The first kappa shape index (κ1) is 35.1. The van der Waals surface area contributed by atoms with Crippen LogP contribution in [0.1, 0.15) is 52.9 Å². The lowest BCUT2D eigenvalue weighted by molar-refractivity contribution is -0.159. The van der Waals surface area contributed by atoms with E-state index in [1.165, 1.54) is 31.4 Å². The smallest absolute Gasteiger partial charge is 0.427 e. The highest BCUT2D eigenvalue weighted by Crippen LogP contribution is 2.28. The van der Waals surface area contributed by atoms with Crippen molar-refractivity contribution in [2.45, 2.75) is 75.5 Å². The Balaban J connectivity index is 1.44. The number of nitrogens with zero attached hydrogens (tertiary/aromatic N) is 3. The minimum absolute atomic E-state index is 0.0818. The highest BCUT2D eigenvalue weighted by molar-refractivity contribution is 7.89. The zero-order valence-corrected chi connectivity index (χ0v) is 27.7. The van der Waals surface area contributed by atoms with E-state index in [-0.39, 0.29) is 23.4 Å². The van der Waals surface area contributed by atoms with Crippen LogP contribution in [0.2, 0.25) is 0 Å². The maximum Gasteiger partial charge on any atom is 0.528 e. The van der Waals surface area contributed by atoms with Gasteiger partial charge in [-0.15, -0.1) is 5.06 Å². The minimum Gasteiger partial charge on any atom is -0.427 e. The summed E-state index contributed by atoms with van der Waals surface area (Å²) in [4.78, 5) is 63.1. The molecule has 252 valence electrons. The molecule has 1 saturated heterocycles. The summed E-state index contributed by atoms with van der Waals surface area (Å²) >= 11 is 0. The molecule has 2 aliphatic rings. The van der Waals surface area contributed by atoms with E-state index < -0.39 is 52.1 Å². The van der Waals surface area contributed by atoms with Crippen LogP contribution in [0.15, 0.2) is 47.4 Å². The van der Waals surface area contributed by atoms with E-state index in [4.69, 9.17) is 14.4 Å². The molecule has 1 aliphatic carbocycles. The topological polar surface area (TPSA) is 164 Å². The number of fused-ring (bicyclic) bond motifs is 1. The molecule has 46 heavy (non-hydrogen) atoms. The summed E-state index contributed by atoms with van der Waals surface area (Å²) in [7, 11) is -1.77. The molecule has 4 rings (SSSR count). The lowest BCUT2D eigenvalue weighted by atomic mass is 9.99. The number of likely N-dealkylation sites (N-methyl/N-ethyl adjacent to an activating group) is 1. The zero-order chi connectivity index (χ0) is 33.6. The summed E-state index contributed by atoms with van der Waals surface area (Å²) in [6, 6.07) is 9.20. The second-order valence-corrected chi connectivity index (χ2v) is 14.3. The van der Waals surface area contributed by atoms with Gasteiger partial charge in [-0.1, -0.05) is 30.3 Å². The van der Waals surface area contributed by atoms with Gasteiger partial charge in [-0.05, 0) is 75.3 Å². The van der Waals surface area contributed by atoms with Crippen LogP contribution in [0.4, 0.5) is 9.59 Å². The number of benzene rings is 2. The molecule has 0 unspecified atom stereocenters. The monoisotopic (exact) mass is 661 g/mol. The van der Waals surface area contributed by atoms with Crippen molar-refractivity contribution in [3.05, 3.63) is 42.5 Å². The third-order valence-electron chi connectivity index (χ3n) is 7.56. The molecule has 0 bridgehead atoms. The molecular weight excluding hydrogens is 618 g/mol. The predicted octanol–water partition coefficient (Wildman–Crippen LogP) is 3.18. The number of amides is 4. The molecule has 1 aliphatic heterocycles. The number of sulfonamides is 1. The van der Waals surface area contributed by atoms with Gasteiger partial charge in [0.1, 0.15) is 11.6 Å². The Morgan fingerprint density at radius 3 is 2.39 bits per heavy atom. The Bertz CT molecular complexity index is 1540. The van der Waals surface area contributed by atoms with Crippen LogP contribution >= 0.6 is 0 Å². The van der Waals surface area contributed by atoms with Crippen LogP contribution in [0.25, 0.3) is 10.8 Å². The third-order valence-corrected chi connectivity index (χ3v) is 9.03. The Kier molecular flexibility index (Phi) is 11.2. The number of carbonyl (C=O) groups is 4. The third kappa shape index (κ3) is 9.61. The maximum atomic E-state index is 13.6. The lowest BCUT2D eigenvalue weighted by Crippen LogP contribution is -2.54. The van der Waals surface area contributed by atoms with Crippen molar-refractivity contribution < 1.29 is 42.0 Å². The highest BCUT2D eigenvalue weighted by atomic mass is 32.2. The summed E-state index contributed by atoms with van der Waals surface area (Å²) in [5, 5.41) is 6.83. The molecule has 0 radical (unpaired) electrons. The van der Waals surface area contributed by atoms with Crippen molar-refractivity contribution in [2.24, 2.45) is 5.92 Å². The van der Waals surface area contributed by atoms with Gasteiger partial charge >= 0.3 is 12.2 Å². The Hall–Kier alpha value is -3.79. The van der Waals surface area contributed by atoms with Crippen LogP contribution in [-0.2, 0) is 34.0 Å². The normalized spacial score (nSPS) is 18.0. The fraction of sp³-hybridized carbons (Fsp3) is 0.548. The first-order valence-corrected chi connectivity index (χ1v) is 16.7. The number of hydrogen-bond acceptors (Lipinski definition) is 10. The Morgan fingerprint density at radius 1 is 1.04 bits per heavy atom. The van der Waals surface area contributed by atoms with E-state index in [1.54, 1.807) is 39.0 Å². The number of imide groups is 1. The van der Waals surface area contributed by atoms with Crippen molar-refractivity contribution in [3.63, 3.8) is 0 Å². The van der Waals surface area contributed by atoms with Gasteiger partial charge in [-0.3, -0.25) is 19.3 Å². The number of rotatable bonds is 11. The van der Waals surface area contributed by atoms with Crippen molar-refractivity contribution in [1.29, 1.82) is 0 Å². The van der Waals surface area contributed by atoms with Crippen molar-refractivity contribution >= 4 is 44.8 Å². The van der Waals surface area contributed by atoms with Gasteiger partial charge < -0.3 is 14.9 Å². The summed E-state index contributed by atoms with van der Waals surface area (Å²) in [6.07, 6.45) is 1.50. The number of ether oxygens (including phenoxy) is 1. The molecular formula is C31H43N5O9S. The summed E-state index contributed by atoms with van der Waals surface area (Å²) in [5.41, 5.74) is -0.706. The fourth-order valence-corrected chi connectivity index (χ4v) is 6.33.